The van der Waals surface area contributed by atoms with Gasteiger partial charge in [-0.2, -0.15) is 0 Å². The highest BCUT2D eigenvalue weighted by atomic mass is 32.1. The van der Waals surface area contributed by atoms with Crippen LogP contribution in [0.25, 0.3) is 10.7 Å². The van der Waals surface area contributed by atoms with Crippen molar-refractivity contribution in [1.82, 2.24) is 20.1 Å². The fourth-order valence-electron chi connectivity index (χ4n) is 3.30. The quantitative estimate of drug-likeness (QED) is 0.694. The van der Waals surface area contributed by atoms with E-state index in [0.717, 1.165) is 10.6 Å². The number of hydrogen-bond acceptors (Lipinski definition) is 6. The molecule has 1 amide bonds. The van der Waals surface area contributed by atoms with Gasteiger partial charge in [0.2, 0.25) is 5.91 Å². The number of nitrogens with zero attached hydrogens (tertiary/aromatic N) is 4. The summed E-state index contributed by atoms with van der Waals surface area (Å²) in [7, 11) is 0. The summed E-state index contributed by atoms with van der Waals surface area (Å²) in [6.45, 7) is 2.56. The highest BCUT2D eigenvalue weighted by Crippen LogP contribution is 2.19. The molecule has 0 spiro atoms. The van der Waals surface area contributed by atoms with E-state index in [-0.39, 0.29) is 35.8 Å². The van der Waals surface area contributed by atoms with Gasteiger partial charge < -0.3 is 14.8 Å². The van der Waals surface area contributed by atoms with Gasteiger partial charge in [0.15, 0.2) is 5.82 Å². The molecule has 3 heterocycles. The first-order chi connectivity index (χ1) is 14.1. The van der Waals surface area contributed by atoms with Crippen LogP contribution in [0.1, 0.15) is 12.1 Å². The van der Waals surface area contributed by atoms with Gasteiger partial charge in [0.25, 0.3) is 5.56 Å². The van der Waals surface area contributed by atoms with Crippen molar-refractivity contribution in [3.05, 3.63) is 63.6 Å². The molecule has 1 saturated heterocycles. The molecule has 3 aromatic rings. The zero-order valence-electron chi connectivity index (χ0n) is 15.7. The lowest BCUT2D eigenvalue weighted by molar-refractivity contribution is -0.131. The predicted molar refractivity (Wildman–Crippen MR) is 109 cm³/mol. The lowest BCUT2D eigenvalue weighted by Gasteiger charge is -2.36. The predicted octanol–water partition coefficient (Wildman–Crippen LogP) is 2.31. The fourth-order valence-corrected chi connectivity index (χ4v) is 3.96. The molecule has 9 heteroatoms. The highest BCUT2D eigenvalue weighted by molar-refractivity contribution is 7.13. The number of carbonyl (C=O) groups excluding carboxylic acids is 1. The van der Waals surface area contributed by atoms with Gasteiger partial charge >= 0.3 is 0 Å². The van der Waals surface area contributed by atoms with Crippen LogP contribution in [0.15, 0.2) is 46.6 Å². The van der Waals surface area contributed by atoms with Crippen molar-refractivity contribution in [3.8, 4) is 10.7 Å². The van der Waals surface area contributed by atoms with Crippen LogP contribution in [-0.2, 0) is 11.2 Å². The van der Waals surface area contributed by atoms with E-state index in [2.05, 4.69) is 20.1 Å². The van der Waals surface area contributed by atoms with Crippen molar-refractivity contribution < 1.29 is 9.18 Å². The number of thiophene rings is 1. The Bertz CT molecular complexity index is 1030. The van der Waals surface area contributed by atoms with E-state index in [0.29, 0.717) is 32.0 Å². The minimum absolute atomic E-state index is 0.00714. The summed E-state index contributed by atoms with van der Waals surface area (Å²) in [5.41, 5.74) is 0.909. The van der Waals surface area contributed by atoms with Crippen molar-refractivity contribution in [1.29, 1.82) is 0 Å². The van der Waals surface area contributed by atoms with Crippen LogP contribution in [0.4, 0.5) is 10.1 Å². The molecule has 1 fully saturated rings. The average Bonchev–Trinajstić information content (AvgIpc) is 3.28. The Morgan fingerprint density at radius 1 is 1.10 bits per heavy atom. The van der Waals surface area contributed by atoms with E-state index in [1.165, 1.54) is 23.5 Å². The van der Waals surface area contributed by atoms with Gasteiger partial charge in [0.05, 0.1) is 4.88 Å². The number of piperazine rings is 1. The number of nitrogens with one attached hydrogen (secondary N) is 1. The van der Waals surface area contributed by atoms with Gasteiger partial charge in [0.1, 0.15) is 11.5 Å². The second-order valence-corrected chi connectivity index (χ2v) is 7.72. The van der Waals surface area contributed by atoms with Gasteiger partial charge in [-0.05, 0) is 35.7 Å². The zero-order chi connectivity index (χ0) is 20.2. The Kier molecular flexibility index (Phi) is 5.66. The molecule has 0 atom stereocenters. The number of benzene rings is 1. The minimum atomic E-state index is -0.308. The molecular weight excluding hydrogens is 393 g/mol. The summed E-state index contributed by atoms with van der Waals surface area (Å²) in [6, 6.07) is 10.1. The summed E-state index contributed by atoms with van der Waals surface area (Å²) in [5.74, 6) is 0.174. The first kappa shape index (κ1) is 19.3. The molecule has 1 aliphatic rings. The second kappa shape index (κ2) is 8.52. The van der Waals surface area contributed by atoms with Crippen molar-refractivity contribution in [2.24, 2.45) is 0 Å². The number of aromatic nitrogens is 3. The SMILES string of the molecule is O=C(CCc1nnc(-c2cccs2)[nH]c1=O)N1CCN(c2ccc(F)cc2)CC1. The lowest BCUT2D eigenvalue weighted by atomic mass is 10.2. The molecule has 0 radical (unpaired) electrons. The number of hydrogen-bond donors (Lipinski definition) is 1. The molecule has 0 aliphatic carbocycles. The van der Waals surface area contributed by atoms with Gasteiger partial charge in [-0.15, -0.1) is 21.5 Å². The molecule has 7 nitrogen and oxygen atoms in total. The third-order valence-corrected chi connectivity index (χ3v) is 5.80. The topological polar surface area (TPSA) is 82.2 Å². The molecule has 0 unspecified atom stereocenters. The fraction of sp³-hybridized carbons (Fsp3) is 0.300. The van der Waals surface area contributed by atoms with Crippen molar-refractivity contribution in [2.45, 2.75) is 12.8 Å². The summed E-state index contributed by atoms with van der Waals surface area (Å²) >= 11 is 1.47. The van der Waals surface area contributed by atoms with Crippen molar-refractivity contribution in [3.63, 3.8) is 0 Å². The van der Waals surface area contributed by atoms with E-state index >= 15 is 0 Å². The second-order valence-electron chi connectivity index (χ2n) is 6.77. The number of halogens is 1. The van der Waals surface area contributed by atoms with Gasteiger partial charge in [-0.3, -0.25) is 9.59 Å². The van der Waals surface area contributed by atoms with Gasteiger partial charge in [0, 0.05) is 44.7 Å². The van der Waals surface area contributed by atoms with Crippen LogP contribution in [0.5, 0.6) is 0 Å². The number of aryl methyl sites for hydroxylation is 1. The smallest absolute Gasteiger partial charge is 0.273 e. The maximum absolute atomic E-state index is 13.1. The Hall–Kier alpha value is -3.07. The molecule has 1 N–H and O–H groups in total. The number of H-pyrrole nitrogens is 1. The van der Waals surface area contributed by atoms with E-state index in [9.17, 15) is 14.0 Å². The van der Waals surface area contributed by atoms with Crippen LogP contribution in [0, 0.1) is 5.82 Å². The van der Waals surface area contributed by atoms with Gasteiger partial charge in [-0.1, -0.05) is 6.07 Å². The van der Waals surface area contributed by atoms with Crippen LogP contribution in [0.2, 0.25) is 0 Å². The molecule has 2 aromatic heterocycles. The minimum Gasteiger partial charge on any atom is -0.368 e. The van der Waals surface area contributed by atoms with Crippen LogP contribution >= 0.6 is 11.3 Å². The zero-order valence-corrected chi connectivity index (χ0v) is 16.5. The van der Waals surface area contributed by atoms with Crippen molar-refractivity contribution in [2.75, 3.05) is 31.1 Å². The molecule has 1 aliphatic heterocycles. The van der Waals surface area contributed by atoms with E-state index in [4.69, 9.17) is 0 Å². The summed E-state index contributed by atoms with van der Waals surface area (Å²) in [5, 5.41) is 9.98. The van der Waals surface area contributed by atoms with Crippen LogP contribution in [0.3, 0.4) is 0 Å². The highest BCUT2D eigenvalue weighted by Gasteiger charge is 2.21. The van der Waals surface area contributed by atoms with E-state index < -0.39 is 0 Å². The van der Waals surface area contributed by atoms with Crippen LogP contribution < -0.4 is 10.5 Å². The summed E-state index contributed by atoms with van der Waals surface area (Å²) < 4.78 is 13.1. The summed E-state index contributed by atoms with van der Waals surface area (Å²) in [6.07, 6.45) is 0.469. The molecule has 150 valence electrons. The Balaban J connectivity index is 1.30. The van der Waals surface area contributed by atoms with Crippen molar-refractivity contribution >= 4 is 22.9 Å². The Labute approximate surface area is 170 Å². The first-order valence-electron chi connectivity index (χ1n) is 9.38. The molecule has 0 saturated carbocycles. The number of amides is 1. The first-order valence-corrected chi connectivity index (χ1v) is 10.3. The maximum Gasteiger partial charge on any atom is 0.273 e. The largest absolute Gasteiger partial charge is 0.368 e. The third-order valence-electron chi connectivity index (χ3n) is 4.92. The third kappa shape index (κ3) is 4.51. The molecule has 29 heavy (non-hydrogen) atoms. The molecule has 0 bridgehead atoms. The molecule has 1 aromatic carbocycles. The van der Waals surface area contributed by atoms with E-state index in [1.54, 1.807) is 17.0 Å². The Morgan fingerprint density at radius 3 is 2.52 bits per heavy atom. The normalized spacial score (nSPS) is 14.2. The maximum atomic E-state index is 13.1. The number of aromatic amines is 1. The van der Waals surface area contributed by atoms with E-state index in [1.807, 2.05) is 17.5 Å². The average molecular weight is 413 g/mol. The Morgan fingerprint density at radius 2 is 1.86 bits per heavy atom. The van der Waals surface area contributed by atoms with Crippen LogP contribution in [-0.4, -0.2) is 52.2 Å². The monoisotopic (exact) mass is 413 g/mol. The number of carbonyl (C=O) groups is 1. The number of rotatable bonds is 5. The number of anilines is 1. The standard InChI is InChI=1S/C20H20FN5O2S/c21-14-3-5-15(6-4-14)25-9-11-26(12-10-25)18(27)8-7-16-20(28)22-19(24-23-16)17-2-1-13-29-17/h1-6,13H,7-12H2,(H,22,24,28). The molecular formula is C20H20FN5O2S. The van der Waals surface area contributed by atoms with Gasteiger partial charge in [-0.25, -0.2) is 4.39 Å². The molecule has 4 rings (SSSR count). The summed E-state index contributed by atoms with van der Waals surface area (Å²) in [4.78, 5) is 32.3. The lowest BCUT2D eigenvalue weighted by Crippen LogP contribution is -2.48.